The lowest BCUT2D eigenvalue weighted by molar-refractivity contribution is 0.552. The van der Waals surface area contributed by atoms with Gasteiger partial charge >= 0.3 is 0 Å². The third-order valence-electron chi connectivity index (χ3n) is 3.65. The molecule has 1 atom stereocenters. The summed E-state index contributed by atoms with van der Waals surface area (Å²) in [6.45, 7) is 6.38. The summed E-state index contributed by atoms with van der Waals surface area (Å²) in [5.74, 6) is 2.01. The standard InChI is InChI=1S/C14H24N4/c1-3-12-8-6-5-7-9-18(12)14-10-13(15-4-2)16-11-17-14/h10-12H,3-9H2,1-2H3,(H,15,16,17). The van der Waals surface area contributed by atoms with Gasteiger partial charge in [0.25, 0.3) is 0 Å². The molecule has 1 fully saturated rings. The Hall–Kier alpha value is -1.32. The van der Waals surface area contributed by atoms with Crippen molar-refractivity contribution < 1.29 is 0 Å². The molecule has 4 nitrogen and oxygen atoms in total. The van der Waals surface area contributed by atoms with Crippen LogP contribution in [0.5, 0.6) is 0 Å². The van der Waals surface area contributed by atoms with Crippen molar-refractivity contribution in [1.82, 2.24) is 9.97 Å². The van der Waals surface area contributed by atoms with Crippen molar-refractivity contribution in [2.45, 2.75) is 52.0 Å². The Kier molecular flexibility index (Phi) is 4.79. The Morgan fingerprint density at radius 2 is 2.17 bits per heavy atom. The predicted molar refractivity (Wildman–Crippen MR) is 76.1 cm³/mol. The first kappa shape index (κ1) is 13.1. The van der Waals surface area contributed by atoms with Gasteiger partial charge in [0.2, 0.25) is 0 Å². The summed E-state index contributed by atoms with van der Waals surface area (Å²) in [5, 5.41) is 3.26. The van der Waals surface area contributed by atoms with Crippen LogP contribution in [0.3, 0.4) is 0 Å². The normalized spacial score (nSPS) is 20.6. The zero-order chi connectivity index (χ0) is 12.8. The molecule has 1 aromatic heterocycles. The smallest absolute Gasteiger partial charge is 0.134 e. The molecular weight excluding hydrogens is 224 g/mol. The van der Waals surface area contributed by atoms with Crippen LogP contribution in [0.1, 0.15) is 46.0 Å². The minimum Gasteiger partial charge on any atom is -0.370 e. The molecule has 1 saturated heterocycles. The van der Waals surface area contributed by atoms with Gasteiger partial charge in [-0.1, -0.05) is 19.8 Å². The highest BCUT2D eigenvalue weighted by atomic mass is 15.2. The number of rotatable bonds is 4. The molecule has 2 heterocycles. The molecule has 0 radical (unpaired) electrons. The molecule has 1 N–H and O–H groups in total. The van der Waals surface area contributed by atoms with E-state index in [9.17, 15) is 0 Å². The SMILES string of the molecule is CCNc1cc(N2CCCCCC2CC)ncn1. The Morgan fingerprint density at radius 3 is 2.94 bits per heavy atom. The van der Waals surface area contributed by atoms with Gasteiger partial charge in [0.15, 0.2) is 0 Å². The molecule has 1 aliphatic rings. The second kappa shape index (κ2) is 6.57. The van der Waals surface area contributed by atoms with E-state index in [4.69, 9.17) is 0 Å². The molecule has 2 rings (SSSR count). The van der Waals surface area contributed by atoms with Crippen molar-refractivity contribution >= 4 is 11.6 Å². The molecule has 100 valence electrons. The maximum atomic E-state index is 4.46. The van der Waals surface area contributed by atoms with E-state index in [1.165, 1.54) is 32.1 Å². The summed E-state index contributed by atoms with van der Waals surface area (Å²) >= 11 is 0. The van der Waals surface area contributed by atoms with Gasteiger partial charge in [0.1, 0.15) is 18.0 Å². The van der Waals surface area contributed by atoms with E-state index in [2.05, 4.69) is 40.1 Å². The summed E-state index contributed by atoms with van der Waals surface area (Å²) in [6.07, 6.45) is 8.12. The fraction of sp³-hybridized carbons (Fsp3) is 0.714. The fourth-order valence-corrected chi connectivity index (χ4v) is 2.69. The van der Waals surface area contributed by atoms with E-state index in [-0.39, 0.29) is 0 Å². The number of nitrogens with zero attached hydrogens (tertiary/aromatic N) is 3. The molecule has 4 heteroatoms. The molecule has 0 saturated carbocycles. The molecule has 1 unspecified atom stereocenters. The fourth-order valence-electron chi connectivity index (χ4n) is 2.69. The van der Waals surface area contributed by atoms with Crippen LogP contribution < -0.4 is 10.2 Å². The van der Waals surface area contributed by atoms with Crippen molar-refractivity contribution in [3.8, 4) is 0 Å². The summed E-state index contributed by atoms with van der Waals surface area (Å²) < 4.78 is 0. The molecule has 1 aliphatic heterocycles. The maximum absolute atomic E-state index is 4.46. The van der Waals surface area contributed by atoms with Gasteiger partial charge in [-0.25, -0.2) is 9.97 Å². The number of aromatic nitrogens is 2. The molecule has 0 bridgehead atoms. The molecule has 1 aromatic rings. The van der Waals surface area contributed by atoms with Gasteiger partial charge in [-0.05, 0) is 26.2 Å². The van der Waals surface area contributed by atoms with Crippen molar-refractivity contribution in [3.63, 3.8) is 0 Å². The van der Waals surface area contributed by atoms with Gasteiger partial charge < -0.3 is 10.2 Å². The minimum atomic E-state index is 0.636. The van der Waals surface area contributed by atoms with E-state index >= 15 is 0 Å². The lowest BCUT2D eigenvalue weighted by Gasteiger charge is -2.30. The van der Waals surface area contributed by atoms with Gasteiger partial charge in [-0.3, -0.25) is 0 Å². The molecule has 0 aromatic carbocycles. The Morgan fingerprint density at radius 1 is 1.28 bits per heavy atom. The minimum absolute atomic E-state index is 0.636. The molecule has 0 amide bonds. The zero-order valence-corrected chi connectivity index (χ0v) is 11.5. The van der Waals surface area contributed by atoms with Crippen LogP contribution in [-0.4, -0.2) is 29.1 Å². The first-order valence-corrected chi connectivity index (χ1v) is 7.17. The first-order chi connectivity index (χ1) is 8.85. The quantitative estimate of drug-likeness (QED) is 0.889. The van der Waals surface area contributed by atoms with Crippen molar-refractivity contribution in [3.05, 3.63) is 12.4 Å². The Bertz CT molecular complexity index is 367. The number of nitrogens with one attached hydrogen (secondary N) is 1. The Balaban J connectivity index is 2.18. The third-order valence-corrected chi connectivity index (χ3v) is 3.65. The lowest BCUT2D eigenvalue weighted by atomic mass is 10.1. The number of hydrogen-bond donors (Lipinski definition) is 1. The Labute approximate surface area is 110 Å². The summed E-state index contributed by atoms with van der Waals surface area (Å²) in [5.41, 5.74) is 0. The van der Waals surface area contributed by atoms with E-state index in [1.54, 1.807) is 6.33 Å². The summed E-state index contributed by atoms with van der Waals surface area (Å²) in [6, 6.07) is 2.72. The van der Waals surface area contributed by atoms with Crippen molar-refractivity contribution in [2.75, 3.05) is 23.3 Å². The second-order valence-electron chi connectivity index (χ2n) is 4.90. The highest BCUT2D eigenvalue weighted by Gasteiger charge is 2.20. The zero-order valence-electron chi connectivity index (χ0n) is 11.5. The van der Waals surface area contributed by atoms with Crippen LogP contribution in [0.2, 0.25) is 0 Å². The molecule has 0 spiro atoms. The van der Waals surface area contributed by atoms with E-state index in [0.29, 0.717) is 6.04 Å². The maximum Gasteiger partial charge on any atom is 0.134 e. The molecule has 0 aliphatic carbocycles. The van der Waals surface area contributed by atoms with Gasteiger partial charge in [0.05, 0.1) is 0 Å². The third kappa shape index (κ3) is 3.12. The van der Waals surface area contributed by atoms with E-state index in [0.717, 1.165) is 24.7 Å². The van der Waals surface area contributed by atoms with Gasteiger partial charge in [0, 0.05) is 25.2 Å². The van der Waals surface area contributed by atoms with Gasteiger partial charge in [-0.2, -0.15) is 0 Å². The highest BCUT2D eigenvalue weighted by Crippen LogP contribution is 2.25. The number of anilines is 2. The van der Waals surface area contributed by atoms with Crippen molar-refractivity contribution in [1.29, 1.82) is 0 Å². The monoisotopic (exact) mass is 248 g/mol. The van der Waals surface area contributed by atoms with E-state index in [1.807, 2.05) is 0 Å². The van der Waals surface area contributed by atoms with Crippen LogP contribution >= 0.6 is 0 Å². The highest BCUT2D eigenvalue weighted by molar-refractivity contribution is 5.49. The average Bonchev–Trinajstić information content (AvgIpc) is 2.64. The van der Waals surface area contributed by atoms with Gasteiger partial charge in [-0.15, -0.1) is 0 Å². The van der Waals surface area contributed by atoms with Crippen LogP contribution in [0.4, 0.5) is 11.6 Å². The molecule has 18 heavy (non-hydrogen) atoms. The topological polar surface area (TPSA) is 41.0 Å². The van der Waals surface area contributed by atoms with Crippen LogP contribution in [-0.2, 0) is 0 Å². The summed E-state index contributed by atoms with van der Waals surface area (Å²) in [7, 11) is 0. The van der Waals surface area contributed by atoms with Crippen molar-refractivity contribution in [2.24, 2.45) is 0 Å². The largest absolute Gasteiger partial charge is 0.370 e. The van der Waals surface area contributed by atoms with E-state index < -0.39 is 0 Å². The summed E-state index contributed by atoms with van der Waals surface area (Å²) in [4.78, 5) is 11.2. The predicted octanol–water partition coefficient (Wildman–Crippen LogP) is 3.07. The van der Waals surface area contributed by atoms with Crippen LogP contribution in [0, 0.1) is 0 Å². The second-order valence-corrected chi connectivity index (χ2v) is 4.90. The lowest BCUT2D eigenvalue weighted by Crippen LogP contribution is -2.35. The van der Waals surface area contributed by atoms with Crippen LogP contribution in [0.15, 0.2) is 12.4 Å². The first-order valence-electron chi connectivity index (χ1n) is 7.17. The average molecular weight is 248 g/mol. The number of hydrogen-bond acceptors (Lipinski definition) is 4. The molecular formula is C14H24N4. The van der Waals surface area contributed by atoms with Crippen LogP contribution in [0.25, 0.3) is 0 Å².